The van der Waals surface area contributed by atoms with Crippen molar-refractivity contribution in [2.45, 2.75) is 19.4 Å². The Morgan fingerprint density at radius 3 is 2.94 bits per heavy atom. The van der Waals surface area contributed by atoms with Crippen molar-refractivity contribution < 1.29 is 9.90 Å². The van der Waals surface area contributed by atoms with E-state index in [1.54, 1.807) is 12.1 Å². The molecule has 18 heavy (non-hydrogen) atoms. The van der Waals surface area contributed by atoms with Gasteiger partial charge in [-0.3, -0.25) is 4.79 Å². The SMILES string of the molecule is Cc1ccc(C(=O)N[C@@H]2C=C[C@H](CO)C2)c(Br)n1. The number of nitrogens with zero attached hydrogens (tertiary/aromatic N) is 1. The van der Waals surface area contributed by atoms with Crippen LogP contribution < -0.4 is 5.32 Å². The number of carbonyl (C=O) groups excluding carboxylic acids is 1. The molecule has 4 nitrogen and oxygen atoms in total. The van der Waals surface area contributed by atoms with Crippen molar-refractivity contribution in [2.24, 2.45) is 5.92 Å². The van der Waals surface area contributed by atoms with Crippen LogP contribution in [0.3, 0.4) is 0 Å². The summed E-state index contributed by atoms with van der Waals surface area (Å²) >= 11 is 3.29. The van der Waals surface area contributed by atoms with Crippen LogP contribution in [-0.4, -0.2) is 28.6 Å². The highest BCUT2D eigenvalue weighted by Gasteiger charge is 2.21. The molecular formula is C13H15BrN2O2. The summed E-state index contributed by atoms with van der Waals surface area (Å²) in [7, 11) is 0. The predicted octanol–water partition coefficient (Wildman–Crippen LogP) is 1.82. The third kappa shape index (κ3) is 2.97. The van der Waals surface area contributed by atoms with Crippen molar-refractivity contribution in [3.63, 3.8) is 0 Å². The van der Waals surface area contributed by atoms with Crippen molar-refractivity contribution in [1.29, 1.82) is 0 Å². The number of carbonyl (C=O) groups is 1. The fourth-order valence-electron chi connectivity index (χ4n) is 1.96. The monoisotopic (exact) mass is 310 g/mol. The van der Waals surface area contributed by atoms with Gasteiger partial charge in [-0.05, 0) is 41.4 Å². The molecule has 0 spiro atoms. The number of aromatic nitrogens is 1. The minimum absolute atomic E-state index is 0.0112. The van der Waals surface area contributed by atoms with Gasteiger partial charge in [-0.25, -0.2) is 4.98 Å². The molecule has 0 radical (unpaired) electrons. The lowest BCUT2D eigenvalue weighted by Crippen LogP contribution is -2.33. The van der Waals surface area contributed by atoms with E-state index in [1.165, 1.54) is 0 Å². The first kappa shape index (κ1) is 13.2. The maximum atomic E-state index is 12.1. The lowest BCUT2D eigenvalue weighted by molar-refractivity contribution is 0.0940. The standard InChI is InChI=1S/C13H15BrN2O2/c1-8-2-5-11(12(14)15-8)13(18)16-10-4-3-9(6-10)7-17/h2-5,9-10,17H,6-7H2,1H3,(H,16,18)/t9-,10+/m0/s1. The zero-order valence-corrected chi connectivity index (χ0v) is 11.6. The predicted molar refractivity (Wildman–Crippen MR) is 72.3 cm³/mol. The Bertz CT molecular complexity index is 488. The topological polar surface area (TPSA) is 62.2 Å². The molecule has 96 valence electrons. The van der Waals surface area contributed by atoms with Gasteiger partial charge in [0.15, 0.2) is 0 Å². The Hall–Kier alpha value is -1.20. The molecule has 0 aromatic carbocycles. The van der Waals surface area contributed by atoms with E-state index in [2.05, 4.69) is 26.2 Å². The van der Waals surface area contributed by atoms with E-state index in [0.717, 1.165) is 12.1 Å². The summed E-state index contributed by atoms with van der Waals surface area (Å²) < 4.78 is 0.556. The van der Waals surface area contributed by atoms with Crippen LogP contribution in [0.25, 0.3) is 0 Å². The average Bonchev–Trinajstić information content (AvgIpc) is 2.76. The van der Waals surface area contributed by atoms with Gasteiger partial charge in [-0.2, -0.15) is 0 Å². The van der Waals surface area contributed by atoms with E-state index in [-0.39, 0.29) is 24.5 Å². The number of pyridine rings is 1. The number of hydrogen-bond acceptors (Lipinski definition) is 3. The van der Waals surface area contributed by atoms with Crippen LogP contribution in [-0.2, 0) is 0 Å². The minimum Gasteiger partial charge on any atom is -0.396 e. The molecule has 1 aromatic heterocycles. The first-order valence-corrected chi connectivity index (χ1v) is 6.62. The fourth-order valence-corrected chi connectivity index (χ4v) is 2.55. The van der Waals surface area contributed by atoms with Gasteiger partial charge in [0.2, 0.25) is 0 Å². The van der Waals surface area contributed by atoms with E-state index in [0.29, 0.717) is 10.2 Å². The molecule has 0 aliphatic heterocycles. The van der Waals surface area contributed by atoms with Gasteiger partial charge in [0.05, 0.1) is 5.56 Å². The van der Waals surface area contributed by atoms with Crippen molar-refractivity contribution in [3.05, 3.63) is 40.1 Å². The first-order chi connectivity index (χ1) is 8.60. The lowest BCUT2D eigenvalue weighted by atomic mass is 10.1. The van der Waals surface area contributed by atoms with Crippen LogP contribution >= 0.6 is 15.9 Å². The smallest absolute Gasteiger partial charge is 0.254 e. The molecule has 1 aromatic rings. The van der Waals surface area contributed by atoms with E-state index in [4.69, 9.17) is 5.11 Å². The zero-order valence-electron chi connectivity index (χ0n) is 10.1. The van der Waals surface area contributed by atoms with Crippen LogP contribution in [0.1, 0.15) is 22.5 Å². The lowest BCUT2D eigenvalue weighted by Gasteiger charge is -2.13. The zero-order chi connectivity index (χ0) is 13.1. The molecule has 1 heterocycles. The molecule has 2 N–H and O–H groups in total. The average molecular weight is 311 g/mol. The number of amides is 1. The third-order valence-corrected chi connectivity index (χ3v) is 3.56. The van der Waals surface area contributed by atoms with Crippen LogP contribution in [0.4, 0.5) is 0 Å². The second-order valence-corrected chi connectivity index (χ2v) is 5.19. The molecule has 1 aliphatic carbocycles. The van der Waals surface area contributed by atoms with Gasteiger partial charge in [-0.1, -0.05) is 12.2 Å². The molecule has 0 saturated carbocycles. The Balaban J connectivity index is 2.02. The van der Waals surface area contributed by atoms with Crippen molar-refractivity contribution >= 4 is 21.8 Å². The van der Waals surface area contributed by atoms with Gasteiger partial charge in [0.25, 0.3) is 5.91 Å². The Labute approximate surface area is 114 Å². The quantitative estimate of drug-likeness (QED) is 0.661. The summed E-state index contributed by atoms with van der Waals surface area (Å²) in [6.45, 7) is 2.00. The van der Waals surface area contributed by atoms with Gasteiger partial charge in [0, 0.05) is 24.3 Å². The maximum absolute atomic E-state index is 12.1. The number of halogens is 1. The molecule has 0 bridgehead atoms. The van der Waals surface area contributed by atoms with E-state index in [1.807, 2.05) is 19.1 Å². The number of aliphatic hydroxyl groups is 1. The maximum Gasteiger partial charge on any atom is 0.254 e. The number of rotatable bonds is 3. The van der Waals surface area contributed by atoms with Gasteiger partial charge >= 0.3 is 0 Å². The second-order valence-electron chi connectivity index (χ2n) is 4.43. The molecule has 0 unspecified atom stereocenters. The highest BCUT2D eigenvalue weighted by atomic mass is 79.9. The number of aliphatic hydroxyl groups excluding tert-OH is 1. The fraction of sp³-hybridized carbons (Fsp3) is 0.385. The first-order valence-electron chi connectivity index (χ1n) is 5.83. The van der Waals surface area contributed by atoms with Crippen molar-refractivity contribution in [1.82, 2.24) is 10.3 Å². The number of hydrogen-bond donors (Lipinski definition) is 2. The number of nitrogens with one attached hydrogen (secondary N) is 1. The second kappa shape index (κ2) is 5.63. The Kier molecular flexibility index (Phi) is 4.14. The molecule has 1 amide bonds. The molecular weight excluding hydrogens is 296 g/mol. The molecule has 0 fully saturated rings. The highest BCUT2D eigenvalue weighted by Crippen LogP contribution is 2.19. The van der Waals surface area contributed by atoms with E-state index < -0.39 is 0 Å². The van der Waals surface area contributed by atoms with E-state index in [9.17, 15) is 4.79 Å². The molecule has 5 heteroatoms. The minimum atomic E-state index is -0.150. The highest BCUT2D eigenvalue weighted by molar-refractivity contribution is 9.10. The van der Waals surface area contributed by atoms with Crippen molar-refractivity contribution in [3.8, 4) is 0 Å². The van der Waals surface area contributed by atoms with Crippen LogP contribution in [0.5, 0.6) is 0 Å². The normalized spacial score (nSPS) is 22.2. The van der Waals surface area contributed by atoms with Gasteiger partial charge < -0.3 is 10.4 Å². The summed E-state index contributed by atoms with van der Waals surface area (Å²) in [6, 6.07) is 3.55. The van der Waals surface area contributed by atoms with Crippen LogP contribution in [0, 0.1) is 12.8 Å². The third-order valence-electron chi connectivity index (χ3n) is 2.96. The summed E-state index contributed by atoms with van der Waals surface area (Å²) in [5, 5.41) is 11.9. The molecule has 1 aliphatic rings. The molecule has 2 rings (SSSR count). The molecule has 0 saturated heterocycles. The Morgan fingerprint density at radius 1 is 1.56 bits per heavy atom. The summed E-state index contributed by atoms with van der Waals surface area (Å²) in [5.74, 6) is -0.00232. The number of aryl methyl sites for hydroxylation is 1. The van der Waals surface area contributed by atoms with E-state index >= 15 is 0 Å². The van der Waals surface area contributed by atoms with Gasteiger partial charge in [-0.15, -0.1) is 0 Å². The Morgan fingerprint density at radius 2 is 2.33 bits per heavy atom. The summed E-state index contributed by atoms with van der Waals surface area (Å²) in [5.41, 5.74) is 1.39. The summed E-state index contributed by atoms with van der Waals surface area (Å²) in [6.07, 6.45) is 4.61. The van der Waals surface area contributed by atoms with Gasteiger partial charge in [0.1, 0.15) is 4.60 Å². The van der Waals surface area contributed by atoms with Crippen molar-refractivity contribution in [2.75, 3.05) is 6.61 Å². The van der Waals surface area contributed by atoms with Crippen LogP contribution in [0.2, 0.25) is 0 Å². The van der Waals surface area contributed by atoms with Crippen LogP contribution in [0.15, 0.2) is 28.9 Å². The molecule has 2 atom stereocenters. The largest absolute Gasteiger partial charge is 0.396 e. The summed E-state index contributed by atoms with van der Waals surface area (Å²) in [4.78, 5) is 16.2.